The van der Waals surface area contributed by atoms with E-state index in [-0.39, 0.29) is 12.6 Å². The van der Waals surface area contributed by atoms with Crippen LogP contribution < -0.4 is 9.64 Å². The number of rotatable bonds is 3. The third-order valence-corrected chi connectivity index (χ3v) is 5.23. The SMILES string of the molecule is N#CC1N=CN2c3ccc(Cl)cc3-c3nnc(COc4ccccc4)n3CC12. The molecular weight excluding hydrogens is 376 g/mol. The lowest BCUT2D eigenvalue weighted by molar-refractivity contribution is 0.287. The van der Waals surface area contributed by atoms with E-state index < -0.39 is 6.04 Å². The number of aromatic nitrogens is 3. The third kappa shape index (κ3) is 2.70. The molecule has 2 aromatic carbocycles. The first-order valence-corrected chi connectivity index (χ1v) is 9.23. The molecule has 0 N–H and O–H groups in total. The highest BCUT2D eigenvalue weighted by Gasteiger charge is 2.37. The van der Waals surface area contributed by atoms with Crippen LogP contribution >= 0.6 is 11.6 Å². The molecule has 3 heterocycles. The second kappa shape index (κ2) is 6.66. The van der Waals surface area contributed by atoms with Crippen molar-refractivity contribution < 1.29 is 4.74 Å². The summed E-state index contributed by atoms with van der Waals surface area (Å²) < 4.78 is 7.88. The predicted molar refractivity (Wildman–Crippen MR) is 105 cm³/mol. The van der Waals surface area contributed by atoms with Crippen molar-refractivity contribution >= 4 is 23.6 Å². The van der Waals surface area contributed by atoms with Gasteiger partial charge >= 0.3 is 0 Å². The first-order valence-electron chi connectivity index (χ1n) is 8.85. The minimum absolute atomic E-state index is 0.141. The summed E-state index contributed by atoms with van der Waals surface area (Å²) >= 11 is 6.26. The number of ether oxygens (including phenoxy) is 1. The summed E-state index contributed by atoms with van der Waals surface area (Å²) in [5.74, 6) is 2.16. The van der Waals surface area contributed by atoms with Gasteiger partial charge in [0.25, 0.3) is 0 Å². The minimum atomic E-state index is -0.459. The van der Waals surface area contributed by atoms with Crippen LogP contribution in [-0.2, 0) is 13.2 Å². The zero-order valence-corrected chi connectivity index (χ0v) is 15.5. The maximum absolute atomic E-state index is 9.53. The Kier molecular flexibility index (Phi) is 3.99. The molecule has 0 spiro atoms. The van der Waals surface area contributed by atoms with Crippen LogP contribution in [0.1, 0.15) is 5.82 Å². The van der Waals surface area contributed by atoms with Gasteiger partial charge in [0.2, 0.25) is 0 Å². The van der Waals surface area contributed by atoms with E-state index in [1.54, 1.807) is 6.34 Å². The van der Waals surface area contributed by atoms with E-state index in [2.05, 4.69) is 21.3 Å². The van der Waals surface area contributed by atoms with Crippen LogP contribution in [0.15, 0.2) is 53.5 Å². The Morgan fingerprint density at radius 3 is 2.86 bits per heavy atom. The van der Waals surface area contributed by atoms with E-state index in [0.717, 1.165) is 17.0 Å². The molecule has 7 nitrogen and oxygen atoms in total. The zero-order valence-electron chi connectivity index (χ0n) is 14.7. The van der Waals surface area contributed by atoms with Gasteiger partial charge in [-0.25, -0.2) is 0 Å². The van der Waals surface area contributed by atoms with Gasteiger partial charge in [-0.1, -0.05) is 29.8 Å². The third-order valence-electron chi connectivity index (χ3n) is 4.99. The maximum Gasteiger partial charge on any atom is 0.171 e. The molecule has 0 saturated carbocycles. The normalized spacial score (nSPS) is 19.4. The molecule has 138 valence electrons. The molecule has 2 aliphatic heterocycles. The molecular formula is C20H15ClN6O. The second-order valence-electron chi connectivity index (χ2n) is 6.63. The first-order chi connectivity index (χ1) is 13.7. The van der Waals surface area contributed by atoms with Crippen LogP contribution in [-0.4, -0.2) is 33.2 Å². The van der Waals surface area contributed by atoms with Crippen molar-refractivity contribution in [1.82, 2.24) is 14.8 Å². The number of benzene rings is 2. The number of halogens is 1. The van der Waals surface area contributed by atoms with Crippen molar-refractivity contribution in [2.75, 3.05) is 4.90 Å². The van der Waals surface area contributed by atoms with Gasteiger partial charge in [0, 0.05) is 17.1 Å². The summed E-state index contributed by atoms with van der Waals surface area (Å²) in [6, 6.07) is 16.9. The van der Waals surface area contributed by atoms with Crippen LogP contribution in [0.3, 0.4) is 0 Å². The quantitative estimate of drug-likeness (QED) is 0.685. The minimum Gasteiger partial charge on any atom is -0.486 e. The Bertz CT molecular complexity index is 1100. The van der Waals surface area contributed by atoms with Crippen molar-refractivity contribution in [3.63, 3.8) is 0 Å². The van der Waals surface area contributed by atoms with Crippen LogP contribution in [0.25, 0.3) is 11.4 Å². The van der Waals surface area contributed by atoms with Crippen LogP contribution in [0.4, 0.5) is 5.69 Å². The molecule has 2 aliphatic rings. The summed E-state index contributed by atoms with van der Waals surface area (Å²) in [4.78, 5) is 6.39. The van der Waals surface area contributed by atoms with Gasteiger partial charge in [-0.05, 0) is 30.3 Å². The first kappa shape index (κ1) is 16.8. The number of aliphatic imine (C=N–C) groups is 1. The zero-order chi connectivity index (χ0) is 19.1. The van der Waals surface area contributed by atoms with Crippen LogP contribution in [0.2, 0.25) is 5.02 Å². The average Bonchev–Trinajstić information content (AvgIpc) is 3.28. The van der Waals surface area contributed by atoms with Crippen molar-refractivity contribution in [3.05, 3.63) is 59.4 Å². The molecule has 0 aliphatic carbocycles. The Labute approximate surface area is 166 Å². The molecule has 2 unspecified atom stereocenters. The van der Waals surface area contributed by atoms with Crippen molar-refractivity contribution in [3.8, 4) is 23.2 Å². The van der Waals surface area contributed by atoms with Crippen LogP contribution in [0, 0.1) is 11.3 Å². The van der Waals surface area contributed by atoms with E-state index in [1.807, 2.05) is 58.0 Å². The number of nitriles is 1. The van der Waals surface area contributed by atoms with Crippen molar-refractivity contribution in [1.29, 1.82) is 5.26 Å². The van der Waals surface area contributed by atoms with E-state index in [9.17, 15) is 5.26 Å². The lowest BCUT2D eigenvalue weighted by atomic mass is 10.1. The van der Waals surface area contributed by atoms with E-state index in [4.69, 9.17) is 16.3 Å². The number of hydrogen-bond acceptors (Lipinski definition) is 6. The standard InChI is InChI=1S/C20H15ClN6O/c21-13-6-7-17-15(8-13)20-25-24-19(11-28-14-4-2-1-3-5-14)26(20)10-18-16(9-22)23-12-27(17)18/h1-8,12,16,18H,10-11H2. The lowest BCUT2D eigenvalue weighted by Gasteiger charge is -2.24. The van der Waals surface area contributed by atoms with Crippen molar-refractivity contribution in [2.45, 2.75) is 25.2 Å². The van der Waals surface area contributed by atoms with Gasteiger partial charge in [0.1, 0.15) is 12.4 Å². The predicted octanol–water partition coefficient (Wildman–Crippen LogP) is 3.30. The largest absolute Gasteiger partial charge is 0.486 e. The Morgan fingerprint density at radius 2 is 2.04 bits per heavy atom. The summed E-state index contributed by atoms with van der Waals surface area (Å²) in [6.07, 6.45) is 1.73. The van der Waals surface area contributed by atoms with Gasteiger partial charge in [-0.2, -0.15) is 5.26 Å². The average molecular weight is 391 g/mol. The van der Waals surface area contributed by atoms with E-state index >= 15 is 0 Å². The fourth-order valence-corrected chi connectivity index (χ4v) is 3.80. The Balaban J connectivity index is 1.57. The van der Waals surface area contributed by atoms with Gasteiger partial charge in [0.15, 0.2) is 17.7 Å². The fraction of sp³-hybridized carbons (Fsp3) is 0.200. The molecule has 0 radical (unpaired) electrons. The fourth-order valence-electron chi connectivity index (χ4n) is 3.63. The summed E-state index contributed by atoms with van der Waals surface area (Å²) in [7, 11) is 0. The number of hydrogen-bond donors (Lipinski definition) is 0. The Hall–Kier alpha value is -3.37. The highest BCUT2D eigenvalue weighted by molar-refractivity contribution is 6.31. The summed E-state index contributed by atoms with van der Waals surface area (Å²) in [5.41, 5.74) is 1.77. The van der Waals surface area contributed by atoms with Crippen LogP contribution in [0.5, 0.6) is 5.75 Å². The topological polar surface area (TPSA) is 79.3 Å². The van der Waals surface area contributed by atoms with Crippen molar-refractivity contribution in [2.24, 2.45) is 4.99 Å². The molecule has 0 fully saturated rings. The highest BCUT2D eigenvalue weighted by atomic mass is 35.5. The van der Waals surface area contributed by atoms with Gasteiger partial charge < -0.3 is 14.2 Å². The number of para-hydroxylation sites is 1. The number of anilines is 1. The van der Waals surface area contributed by atoms with Gasteiger partial charge in [-0.15, -0.1) is 10.2 Å². The molecule has 0 saturated heterocycles. The Morgan fingerprint density at radius 1 is 1.18 bits per heavy atom. The van der Waals surface area contributed by atoms with Gasteiger partial charge in [-0.3, -0.25) is 4.99 Å². The molecule has 5 rings (SSSR count). The second-order valence-corrected chi connectivity index (χ2v) is 7.06. The molecule has 0 bridgehead atoms. The van der Waals surface area contributed by atoms with E-state index in [1.165, 1.54) is 0 Å². The number of nitrogens with zero attached hydrogens (tertiary/aromatic N) is 6. The molecule has 28 heavy (non-hydrogen) atoms. The summed E-state index contributed by atoms with van der Waals surface area (Å²) in [5, 5.41) is 18.9. The summed E-state index contributed by atoms with van der Waals surface area (Å²) in [6.45, 7) is 0.804. The highest BCUT2D eigenvalue weighted by Crippen LogP contribution is 2.38. The molecule has 1 aromatic heterocycles. The molecule has 0 amide bonds. The van der Waals surface area contributed by atoms with E-state index in [0.29, 0.717) is 23.2 Å². The van der Waals surface area contributed by atoms with Gasteiger partial charge in [0.05, 0.1) is 24.1 Å². The number of fused-ring (bicyclic) bond motifs is 5. The monoisotopic (exact) mass is 390 g/mol. The smallest absolute Gasteiger partial charge is 0.171 e. The molecule has 3 aromatic rings. The molecule has 2 atom stereocenters. The molecule has 8 heteroatoms. The maximum atomic E-state index is 9.53. The lowest BCUT2D eigenvalue weighted by Crippen LogP contribution is -2.39.